The fourth-order valence-corrected chi connectivity index (χ4v) is 6.22. The first-order chi connectivity index (χ1) is 11.6. The molecule has 1 atom stereocenters. The van der Waals surface area contributed by atoms with Crippen molar-refractivity contribution >= 4 is 21.8 Å². The van der Waals surface area contributed by atoms with Crippen molar-refractivity contribution in [3.8, 4) is 5.75 Å². The van der Waals surface area contributed by atoms with E-state index in [1.54, 1.807) is 35.7 Å². The van der Waals surface area contributed by atoms with Gasteiger partial charge in [-0.25, -0.2) is 8.42 Å². The Morgan fingerprint density at radius 2 is 1.83 bits per heavy atom. The van der Waals surface area contributed by atoms with Crippen molar-refractivity contribution in [1.29, 1.82) is 0 Å². The van der Waals surface area contributed by atoms with Gasteiger partial charge in [-0.05, 0) is 62.4 Å². The Kier molecular flexibility index (Phi) is 6.07. The Morgan fingerprint density at radius 3 is 2.50 bits per heavy atom. The van der Waals surface area contributed by atoms with Gasteiger partial charge >= 0.3 is 0 Å². The molecule has 2 aliphatic rings. The minimum absolute atomic E-state index is 0.0581. The van der Waals surface area contributed by atoms with E-state index >= 15 is 0 Å². The third kappa shape index (κ3) is 4.07. The second kappa shape index (κ2) is 8.08. The zero-order valence-corrected chi connectivity index (χ0v) is 15.8. The van der Waals surface area contributed by atoms with Crippen LogP contribution in [0.2, 0.25) is 0 Å². The molecule has 0 bridgehead atoms. The first kappa shape index (κ1) is 18.0. The third-order valence-electron chi connectivity index (χ3n) is 4.72. The first-order valence-electron chi connectivity index (χ1n) is 8.57. The minimum Gasteiger partial charge on any atom is -0.497 e. The zero-order chi connectivity index (χ0) is 17.0. The maximum Gasteiger partial charge on any atom is 0.243 e. The quantitative estimate of drug-likeness (QED) is 0.796. The standard InChI is InChI=1S/C17H26N2O3S2/c1-22-16-5-7-17(8-6-16)24(20,21)19-11-4-12-23-14-15(19)13-18-9-2-3-10-18/h5-8,15H,2-4,9-14H2,1H3. The molecule has 2 fully saturated rings. The van der Waals surface area contributed by atoms with Crippen LogP contribution in [0, 0.1) is 0 Å². The van der Waals surface area contributed by atoms with E-state index in [0.29, 0.717) is 17.2 Å². The van der Waals surface area contributed by atoms with Gasteiger partial charge in [0.15, 0.2) is 0 Å². The predicted molar refractivity (Wildman–Crippen MR) is 98.3 cm³/mol. The molecule has 2 saturated heterocycles. The minimum atomic E-state index is -3.46. The summed E-state index contributed by atoms with van der Waals surface area (Å²) in [6, 6.07) is 6.80. The molecule has 0 radical (unpaired) electrons. The highest BCUT2D eigenvalue weighted by atomic mass is 32.2. The fourth-order valence-electron chi connectivity index (χ4n) is 3.41. The number of ether oxygens (including phenoxy) is 1. The second-order valence-electron chi connectivity index (χ2n) is 6.38. The van der Waals surface area contributed by atoms with Crippen LogP contribution in [-0.4, -0.2) is 68.5 Å². The lowest BCUT2D eigenvalue weighted by Gasteiger charge is -2.31. The average Bonchev–Trinajstić information content (AvgIpc) is 2.99. The normalized spacial score (nSPS) is 24.0. The van der Waals surface area contributed by atoms with Crippen LogP contribution in [0.3, 0.4) is 0 Å². The van der Waals surface area contributed by atoms with Crippen molar-refractivity contribution in [2.24, 2.45) is 0 Å². The largest absolute Gasteiger partial charge is 0.497 e. The number of nitrogens with zero attached hydrogens (tertiary/aromatic N) is 2. The van der Waals surface area contributed by atoms with Crippen LogP contribution in [0.4, 0.5) is 0 Å². The van der Waals surface area contributed by atoms with Gasteiger partial charge in [0.2, 0.25) is 10.0 Å². The van der Waals surface area contributed by atoms with E-state index in [1.807, 2.05) is 11.8 Å². The van der Waals surface area contributed by atoms with Crippen LogP contribution in [0.25, 0.3) is 0 Å². The molecule has 0 aromatic heterocycles. The van der Waals surface area contributed by atoms with E-state index in [9.17, 15) is 8.42 Å². The molecule has 2 aliphatic heterocycles. The zero-order valence-electron chi connectivity index (χ0n) is 14.2. The summed E-state index contributed by atoms with van der Waals surface area (Å²) in [7, 11) is -1.88. The first-order valence-corrected chi connectivity index (χ1v) is 11.2. The number of benzene rings is 1. The van der Waals surface area contributed by atoms with E-state index in [1.165, 1.54) is 12.8 Å². The number of sulfonamides is 1. The van der Waals surface area contributed by atoms with Gasteiger partial charge in [-0.3, -0.25) is 0 Å². The van der Waals surface area contributed by atoms with E-state index in [4.69, 9.17) is 4.74 Å². The van der Waals surface area contributed by atoms with Crippen molar-refractivity contribution in [3.05, 3.63) is 24.3 Å². The number of methoxy groups -OCH3 is 1. The van der Waals surface area contributed by atoms with Crippen LogP contribution in [0.15, 0.2) is 29.2 Å². The van der Waals surface area contributed by atoms with Crippen molar-refractivity contribution in [1.82, 2.24) is 9.21 Å². The maximum atomic E-state index is 13.2. The molecular formula is C17H26N2O3S2. The highest BCUT2D eigenvalue weighted by Gasteiger charge is 2.34. The van der Waals surface area contributed by atoms with Gasteiger partial charge in [-0.2, -0.15) is 16.1 Å². The lowest BCUT2D eigenvalue weighted by atomic mass is 10.3. The lowest BCUT2D eigenvalue weighted by Crippen LogP contribution is -2.47. The van der Waals surface area contributed by atoms with Crippen molar-refractivity contribution in [2.45, 2.75) is 30.2 Å². The van der Waals surface area contributed by atoms with Gasteiger partial charge in [0.1, 0.15) is 5.75 Å². The van der Waals surface area contributed by atoms with E-state index in [2.05, 4.69) is 4.90 Å². The molecule has 0 spiro atoms. The molecule has 134 valence electrons. The molecule has 5 nitrogen and oxygen atoms in total. The van der Waals surface area contributed by atoms with Gasteiger partial charge in [0, 0.05) is 24.9 Å². The van der Waals surface area contributed by atoms with Gasteiger partial charge in [-0.15, -0.1) is 0 Å². The molecule has 2 heterocycles. The molecule has 1 unspecified atom stereocenters. The Bertz CT molecular complexity index is 628. The molecule has 1 aromatic rings. The summed E-state index contributed by atoms with van der Waals surface area (Å²) in [5.41, 5.74) is 0. The van der Waals surface area contributed by atoms with Crippen molar-refractivity contribution < 1.29 is 13.2 Å². The van der Waals surface area contributed by atoms with E-state index in [0.717, 1.165) is 37.6 Å². The molecule has 1 aromatic carbocycles. The van der Waals surface area contributed by atoms with E-state index in [-0.39, 0.29) is 6.04 Å². The number of likely N-dealkylation sites (tertiary alicyclic amines) is 1. The number of hydrogen-bond acceptors (Lipinski definition) is 5. The van der Waals surface area contributed by atoms with Gasteiger partial charge in [0.05, 0.1) is 12.0 Å². The Morgan fingerprint density at radius 1 is 1.12 bits per heavy atom. The van der Waals surface area contributed by atoms with Crippen LogP contribution >= 0.6 is 11.8 Å². The van der Waals surface area contributed by atoms with Gasteiger partial charge in [0.25, 0.3) is 0 Å². The molecule has 0 amide bonds. The van der Waals surface area contributed by atoms with Crippen LogP contribution in [-0.2, 0) is 10.0 Å². The van der Waals surface area contributed by atoms with E-state index < -0.39 is 10.0 Å². The Hall–Kier alpha value is -0.760. The lowest BCUT2D eigenvalue weighted by molar-refractivity contribution is 0.243. The van der Waals surface area contributed by atoms with Crippen molar-refractivity contribution in [2.75, 3.05) is 44.8 Å². The summed E-state index contributed by atoms with van der Waals surface area (Å²) in [5, 5.41) is 0. The van der Waals surface area contributed by atoms with Crippen LogP contribution in [0.5, 0.6) is 5.75 Å². The second-order valence-corrected chi connectivity index (χ2v) is 9.42. The fraction of sp³-hybridized carbons (Fsp3) is 0.647. The molecule has 0 aliphatic carbocycles. The summed E-state index contributed by atoms with van der Waals surface area (Å²) < 4.78 is 33.2. The summed E-state index contributed by atoms with van der Waals surface area (Å²) >= 11 is 1.88. The van der Waals surface area contributed by atoms with Gasteiger partial charge in [-0.1, -0.05) is 0 Å². The maximum absolute atomic E-state index is 13.2. The SMILES string of the molecule is COc1ccc(S(=O)(=O)N2CCCSCC2CN2CCCC2)cc1. The monoisotopic (exact) mass is 370 g/mol. The molecule has 24 heavy (non-hydrogen) atoms. The van der Waals surface area contributed by atoms with Crippen molar-refractivity contribution in [3.63, 3.8) is 0 Å². The summed E-state index contributed by atoms with van der Waals surface area (Å²) in [6.45, 7) is 3.65. The number of rotatable bonds is 5. The topological polar surface area (TPSA) is 49.9 Å². The summed E-state index contributed by atoms with van der Waals surface area (Å²) in [6.07, 6.45) is 3.37. The third-order valence-corrected chi connectivity index (χ3v) is 7.88. The Balaban J connectivity index is 1.82. The molecule has 0 saturated carbocycles. The highest BCUT2D eigenvalue weighted by Crippen LogP contribution is 2.26. The predicted octanol–water partition coefficient (Wildman–Crippen LogP) is 2.29. The molecular weight excluding hydrogens is 344 g/mol. The highest BCUT2D eigenvalue weighted by molar-refractivity contribution is 7.99. The van der Waals surface area contributed by atoms with Gasteiger partial charge < -0.3 is 9.64 Å². The molecule has 3 rings (SSSR count). The number of hydrogen-bond donors (Lipinski definition) is 0. The number of thioether (sulfide) groups is 1. The van der Waals surface area contributed by atoms with Crippen LogP contribution in [0.1, 0.15) is 19.3 Å². The molecule has 7 heteroatoms. The smallest absolute Gasteiger partial charge is 0.243 e. The summed E-state index contributed by atoms with van der Waals surface area (Å²) in [4.78, 5) is 2.77. The van der Waals surface area contributed by atoms with Crippen LogP contribution < -0.4 is 4.74 Å². The average molecular weight is 371 g/mol. The molecule has 0 N–H and O–H groups in total. The summed E-state index contributed by atoms with van der Waals surface area (Å²) in [5.74, 6) is 2.59. The Labute approximate surface area is 149 Å².